The van der Waals surface area contributed by atoms with Crippen LogP contribution in [0.3, 0.4) is 0 Å². The fourth-order valence-corrected chi connectivity index (χ4v) is 2.23. The van der Waals surface area contributed by atoms with Crippen molar-refractivity contribution >= 4 is 23.2 Å². The number of ether oxygens (including phenoxy) is 1. The van der Waals surface area contributed by atoms with E-state index >= 15 is 0 Å². The maximum atomic E-state index is 11.8. The Labute approximate surface area is 135 Å². The molecule has 2 aromatic carbocycles. The number of amides is 1. The van der Waals surface area contributed by atoms with Gasteiger partial charge in [0.1, 0.15) is 5.75 Å². The number of nitrogens with one attached hydrogen (secondary N) is 2. The molecule has 1 amide bonds. The first-order valence-corrected chi connectivity index (χ1v) is 7.44. The number of benzene rings is 2. The number of halogens is 1. The molecule has 0 aliphatic rings. The van der Waals surface area contributed by atoms with E-state index in [2.05, 4.69) is 10.6 Å². The summed E-state index contributed by atoms with van der Waals surface area (Å²) in [6.07, 6.45) is 0.755. The van der Waals surface area contributed by atoms with Gasteiger partial charge in [-0.15, -0.1) is 0 Å². The maximum absolute atomic E-state index is 11.8. The summed E-state index contributed by atoms with van der Waals surface area (Å²) in [6.45, 7) is 0.807. The van der Waals surface area contributed by atoms with Crippen molar-refractivity contribution in [3.05, 3.63) is 59.1 Å². The lowest BCUT2D eigenvalue weighted by Crippen LogP contribution is -2.31. The van der Waals surface area contributed by atoms with Crippen LogP contribution in [0.5, 0.6) is 5.75 Å². The first-order valence-electron chi connectivity index (χ1n) is 7.06. The third kappa shape index (κ3) is 5.30. The number of rotatable bonds is 7. The van der Waals surface area contributed by atoms with Crippen molar-refractivity contribution in [3.63, 3.8) is 0 Å². The normalized spacial score (nSPS) is 10.1. The minimum atomic E-state index is -0.0511. The van der Waals surface area contributed by atoms with Gasteiger partial charge in [0.2, 0.25) is 5.91 Å². The van der Waals surface area contributed by atoms with E-state index in [1.54, 1.807) is 7.11 Å². The van der Waals surface area contributed by atoms with Gasteiger partial charge in [-0.1, -0.05) is 29.8 Å². The van der Waals surface area contributed by atoms with Gasteiger partial charge in [0, 0.05) is 23.3 Å². The van der Waals surface area contributed by atoms with E-state index in [-0.39, 0.29) is 12.5 Å². The second-order valence-corrected chi connectivity index (χ2v) is 5.25. The zero-order valence-corrected chi connectivity index (χ0v) is 13.2. The maximum Gasteiger partial charge on any atom is 0.239 e. The fourth-order valence-electron chi connectivity index (χ4n) is 2.02. The van der Waals surface area contributed by atoms with E-state index in [0.29, 0.717) is 11.6 Å². The van der Waals surface area contributed by atoms with Gasteiger partial charge in [-0.3, -0.25) is 4.79 Å². The van der Waals surface area contributed by atoms with Crippen molar-refractivity contribution in [2.24, 2.45) is 0 Å². The molecule has 0 radical (unpaired) electrons. The molecule has 2 aromatic rings. The van der Waals surface area contributed by atoms with Gasteiger partial charge in [-0.05, 0) is 36.2 Å². The van der Waals surface area contributed by atoms with E-state index in [1.165, 1.54) is 0 Å². The lowest BCUT2D eigenvalue weighted by Gasteiger charge is -2.09. The smallest absolute Gasteiger partial charge is 0.239 e. The molecule has 5 heteroatoms. The zero-order valence-electron chi connectivity index (χ0n) is 12.4. The zero-order chi connectivity index (χ0) is 15.8. The molecule has 0 saturated carbocycles. The lowest BCUT2D eigenvalue weighted by atomic mass is 10.1. The van der Waals surface area contributed by atoms with Crippen LogP contribution in [0, 0.1) is 0 Å². The summed E-state index contributed by atoms with van der Waals surface area (Å²) in [5.74, 6) is 0.705. The Kier molecular flexibility index (Phi) is 6.10. The van der Waals surface area contributed by atoms with E-state index in [4.69, 9.17) is 16.3 Å². The molecule has 0 unspecified atom stereocenters. The SMILES string of the molecule is COc1cccc(NCC(=O)NCCc2cccc(Cl)c2)c1. The molecule has 0 aromatic heterocycles. The van der Waals surface area contributed by atoms with Gasteiger partial charge in [0.25, 0.3) is 0 Å². The number of hydrogen-bond acceptors (Lipinski definition) is 3. The van der Waals surface area contributed by atoms with Gasteiger partial charge in [-0.25, -0.2) is 0 Å². The number of methoxy groups -OCH3 is 1. The standard InChI is InChI=1S/C17H19ClN2O2/c1-22-16-7-3-6-15(11-16)20-12-17(21)19-9-8-13-4-2-5-14(18)10-13/h2-7,10-11,20H,8-9,12H2,1H3,(H,19,21). The Morgan fingerprint density at radius 3 is 2.77 bits per heavy atom. The Morgan fingerprint density at radius 1 is 1.18 bits per heavy atom. The van der Waals surface area contributed by atoms with E-state index < -0.39 is 0 Å². The van der Waals surface area contributed by atoms with Crippen LogP contribution in [-0.2, 0) is 11.2 Å². The van der Waals surface area contributed by atoms with Crippen LogP contribution in [0.4, 0.5) is 5.69 Å². The number of hydrogen-bond donors (Lipinski definition) is 2. The van der Waals surface area contributed by atoms with E-state index in [9.17, 15) is 4.79 Å². The molecule has 4 nitrogen and oxygen atoms in total. The molecule has 0 heterocycles. The van der Waals surface area contributed by atoms with Crippen LogP contribution in [0.2, 0.25) is 5.02 Å². The van der Waals surface area contributed by atoms with E-state index in [1.807, 2.05) is 48.5 Å². The van der Waals surface area contributed by atoms with Gasteiger partial charge >= 0.3 is 0 Å². The first kappa shape index (κ1) is 16.2. The second-order valence-electron chi connectivity index (χ2n) is 4.82. The molecule has 0 aliphatic carbocycles. The molecule has 0 atom stereocenters. The molecule has 2 rings (SSSR count). The molecule has 2 N–H and O–H groups in total. The predicted molar refractivity (Wildman–Crippen MR) is 89.6 cm³/mol. The molecule has 22 heavy (non-hydrogen) atoms. The van der Waals surface area contributed by atoms with Crippen LogP contribution in [0.15, 0.2) is 48.5 Å². The number of carbonyl (C=O) groups is 1. The quantitative estimate of drug-likeness (QED) is 0.824. The van der Waals surface area contributed by atoms with Crippen LogP contribution in [0.1, 0.15) is 5.56 Å². The number of carbonyl (C=O) groups excluding carboxylic acids is 1. The number of anilines is 1. The molecule has 0 fully saturated rings. The summed E-state index contributed by atoms with van der Waals surface area (Å²) < 4.78 is 5.13. The van der Waals surface area contributed by atoms with Crippen molar-refractivity contribution in [2.75, 3.05) is 25.5 Å². The summed E-state index contributed by atoms with van der Waals surface area (Å²) in [6, 6.07) is 15.1. The highest BCUT2D eigenvalue weighted by Gasteiger charge is 2.02. The highest BCUT2D eigenvalue weighted by atomic mass is 35.5. The molecule has 0 bridgehead atoms. The minimum absolute atomic E-state index is 0.0511. The molecule has 116 valence electrons. The van der Waals surface area contributed by atoms with Crippen LogP contribution >= 0.6 is 11.6 Å². The Bertz CT molecular complexity index is 632. The average molecular weight is 319 g/mol. The third-order valence-corrected chi connectivity index (χ3v) is 3.38. The van der Waals surface area contributed by atoms with Crippen LogP contribution in [-0.4, -0.2) is 26.1 Å². The highest BCUT2D eigenvalue weighted by molar-refractivity contribution is 6.30. The van der Waals surface area contributed by atoms with Gasteiger partial charge in [-0.2, -0.15) is 0 Å². The monoisotopic (exact) mass is 318 g/mol. The van der Waals surface area contributed by atoms with Crippen molar-refractivity contribution in [2.45, 2.75) is 6.42 Å². The summed E-state index contributed by atoms with van der Waals surface area (Å²) >= 11 is 5.92. The van der Waals surface area contributed by atoms with Crippen LogP contribution < -0.4 is 15.4 Å². The topological polar surface area (TPSA) is 50.4 Å². The summed E-state index contributed by atoms with van der Waals surface area (Å²) in [5, 5.41) is 6.65. The predicted octanol–water partition coefficient (Wildman–Crippen LogP) is 3.12. The highest BCUT2D eigenvalue weighted by Crippen LogP contribution is 2.16. The second kappa shape index (κ2) is 8.29. The molecule has 0 spiro atoms. The van der Waals surface area contributed by atoms with Crippen molar-refractivity contribution in [3.8, 4) is 5.75 Å². The molecule has 0 saturated heterocycles. The Hall–Kier alpha value is -2.20. The van der Waals surface area contributed by atoms with Gasteiger partial charge in [0.05, 0.1) is 13.7 Å². The minimum Gasteiger partial charge on any atom is -0.497 e. The van der Waals surface area contributed by atoms with E-state index in [0.717, 1.165) is 23.4 Å². The average Bonchev–Trinajstić information content (AvgIpc) is 2.53. The van der Waals surface area contributed by atoms with Crippen LogP contribution in [0.25, 0.3) is 0 Å². The summed E-state index contributed by atoms with van der Waals surface area (Å²) in [4.78, 5) is 11.8. The van der Waals surface area contributed by atoms with Crippen molar-refractivity contribution in [1.82, 2.24) is 5.32 Å². The third-order valence-electron chi connectivity index (χ3n) is 3.15. The Balaban J connectivity index is 1.71. The van der Waals surface area contributed by atoms with Crippen molar-refractivity contribution in [1.29, 1.82) is 0 Å². The summed E-state index contributed by atoms with van der Waals surface area (Å²) in [7, 11) is 1.61. The molecule has 0 aliphatic heterocycles. The summed E-state index contributed by atoms with van der Waals surface area (Å²) in [5.41, 5.74) is 1.96. The Morgan fingerprint density at radius 2 is 2.00 bits per heavy atom. The molecular formula is C17H19ClN2O2. The largest absolute Gasteiger partial charge is 0.497 e. The van der Waals surface area contributed by atoms with Gasteiger partial charge < -0.3 is 15.4 Å². The molecular weight excluding hydrogens is 300 g/mol. The first-order chi connectivity index (χ1) is 10.7. The van der Waals surface area contributed by atoms with Gasteiger partial charge in [0.15, 0.2) is 0 Å². The van der Waals surface area contributed by atoms with Crippen molar-refractivity contribution < 1.29 is 9.53 Å². The lowest BCUT2D eigenvalue weighted by molar-refractivity contribution is -0.119. The fraction of sp³-hybridized carbons (Fsp3) is 0.235.